The first-order chi connectivity index (χ1) is 13.2. The Hall–Kier alpha value is -2.47. The predicted octanol–water partition coefficient (Wildman–Crippen LogP) is 3.26. The maximum atomic E-state index is 12.8. The average Bonchev–Trinajstić information content (AvgIpc) is 3.12. The van der Waals surface area contributed by atoms with Crippen molar-refractivity contribution in [1.82, 2.24) is 19.6 Å². The fourth-order valence-corrected chi connectivity index (χ4v) is 4.18. The van der Waals surface area contributed by atoms with Crippen LogP contribution in [-0.2, 0) is 24.4 Å². The summed E-state index contributed by atoms with van der Waals surface area (Å²) in [7, 11) is 3.96. The molecule has 6 nitrogen and oxygen atoms in total. The monoisotopic (exact) mass is 382 g/mol. The number of hydrogen-bond acceptors (Lipinski definition) is 4. The van der Waals surface area contributed by atoms with E-state index in [1.807, 2.05) is 32.5 Å². The van der Waals surface area contributed by atoms with Gasteiger partial charge in [0.2, 0.25) is 5.91 Å². The Morgan fingerprint density at radius 1 is 1.21 bits per heavy atom. The first-order valence-corrected chi connectivity index (χ1v) is 9.77. The first-order valence-electron chi connectivity index (χ1n) is 9.77. The normalized spacial score (nSPS) is 14.8. The van der Waals surface area contributed by atoms with Gasteiger partial charge >= 0.3 is 0 Å². The molecule has 0 bridgehead atoms. The van der Waals surface area contributed by atoms with Gasteiger partial charge in [0.15, 0.2) is 5.78 Å². The van der Waals surface area contributed by atoms with Crippen LogP contribution in [0.2, 0.25) is 0 Å². The second kappa shape index (κ2) is 7.87. The van der Waals surface area contributed by atoms with Crippen LogP contribution in [0.1, 0.15) is 64.7 Å². The zero-order valence-corrected chi connectivity index (χ0v) is 17.7. The SMILES string of the molecule is CC(=O)c1c(C)nn(C(C)CC(=O)N(C)Cc2ccc3c(c2)CN(C)C3)c1C. The van der Waals surface area contributed by atoms with E-state index < -0.39 is 0 Å². The summed E-state index contributed by atoms with van der Waals surface area (Å²) in [4.78, 5) is 28.6. The zero-order valence-electron chi connectivity index (χ0n) is 17.7. The Morgan fingerprint density at radius 3 is 2.54 bits per heavy atom. The van der Waals surface area contributed by atoms with Crippen molar-refractivity contribution < 1.29 is 9.59 Å². The molecule has 150 valence electrons. The number of amides is 1. The van der Waals surface area contributed by atoms with Crippen LogP contribution in [0.15, 0.2) is 18.2 Å². The molecule has 0 spiro atoms. The topological polar surface area (TPSA) is 58.4 Å². The van der Waals surface area contributed by atoms with Crippen molar-refractivity contribution in [2.24, 2.45) is 0 Å². The van der Waals surface area contributed by atoms with Crippen molar-refractivity contribution in [2.75, 3.05) is 14.1 Å². The summed E-state index contributed by atoms with van der Waals surface area (Å²) in [6.45, 7) is 9.81. The van der Waals surface area contributed by atoms with Crippen molar-refractivity contribution in [2.45, 2.75) is 59.8 Å². The van der Waals surface area contributed by atoms with Crippen LogP contribution in [0.3, 0.4) is 0 Å². The van der Waals surface area contributed by atoms with Gasteiger partial charge in [0.05, 0.1) is 17.3 Å². The van der Waals surface area contributed by atoms with Crippen molar-refractivity contribution in [1.29, 1.82) is 0 Å². The highest BCUT2D eigenvalue weighted by Crippen LogP contribution is 2.24. The van der Waals surface area contributed by atoms with Gasteiger partial charge in [-0.1, -0.05) is 18.2 Å². The molecule has 0 radical (unpaired) electrons. The number of aryl methyl sites for hydroxylation is 1. The standard InChI is InChI=1S/C22H30N4O2/c1-14(26-16(3)22(17(4)27)15(2)23-26)9-21(28)25(6)11-18-7-8-19-12-24(5)13-20(19)10-18/h7-8,10,14H,9,11-13H2,1-6H3. The average molecular weight is 383 g/mol. The summed E-state index contributed by atoms with van der Waals surface area (Å²) in [5.74, 6) is 0.0844. The van der Waals surface area contributed by atoms with E-state index in [4.69, 9.17) is 0 Å². The molecule has 1 amide bonds. The number of hydrogen-bond donors (Lipinski definition) is 0. The third kappa shape index (κ3) is 4.02. The molecule has 2 heterocycles. The number of fused-ring (bicyclic) bond motifs is 1. The molecule has 1 aromatic carbocycles. The van der Waals surface area contributed by atoms with Crippen LogP contribution in [-0.4, -0.2) is 45.4 Å². The fraction of sp³-hybridized carbons (Fsp3) is 0.500. The zero-order chi connectivity index (χ0) is 20.6. The molecule has 0 saturated carbocycles. The molecule has 1 atom stereocenters. The van der Waals surface area contributed by atoms with Crippen LogP contribution in [0, 0.1) is 13.8 Å². The number of benzene rings is 1. The summed E-state index contributed by atoms with van der Waals surface area (Å²) in [6.07, 6.45) is 0.351. The lowest BCUT2D eigenvalue weighted by Crippen LogP contribution is -2.28. The molecule has 1 aliphatic rings. The molecule has 1 aromatic heterocycles. The molecule has 0 fully saturated rings. The van der Waals surface area contributed by atoms with Gasteiger partial charge in [-0.25, -0.2) is 0 Å². The van der Waals surface area contributed by atoms with E-state index in [-0.39, 0.29) is 17.7 Å². The number of carbonyl (C=O) groups is 2. The summed E-state index contributed by atoms with van der Waals surface area (Å²) >= 11 is 0. The molecular weight excluding hydrogens is 352 g/mol. The summed E-state index contributed by atoms with van der Waals surface area (Å²) in [5.41, 5.74) is 6.10. The van der Waals surface area contributed by atoms with Crippen LogP contribution >= 0.6 is 0 Å². The highest BCUT2D eigenvalue weighted by Gasteiger charge is 2.22. The van der Waals surface area contributed by atoms with E-state index >= 15 is 0 Å². The summed E-state index contributed by atoms with van der Waals surface area (Å²) in [5, 5.41) is 4.49. The van der Waals surface area contributed by atoms with Crippen molar-refractivity contribution >= 4 is 11.7 Å². The molecule has 3 rings (SSSR count). The lowest BCUT2D eigenvalue weighted by atomic mass is 10.1. The Morgan fingerprint density at radius 2 is 1.89 bits per heavy atom. The number of ketones is 1. The number of rotatable bonds is 6. The van der Waals surface area contributed by atoms with Gasteiger partial charge < -0.3 is 4.90 Å². The van der Waals surface area contributed by atoms with Gasteiger partial charge in [0.25, 0.3) is 0 Å². The quantitative estimate of drug-likeness (QED) is 0.720. The fourth-order valence-electron chi connectivity index (χ4n) is 4.18. The smallest absolute Gasteiger partial charge is 0.224 e. The highest BCUT2D eigenvalue weighted by molar-refractivity contribution is 5.96. The van der Waals surface area contributed by atoms with E-state index in [1.165, 1.54) is 11.1 Å². The molecule has 6 heteroatoms. The minimum Gasteiger partial charge on any atom is -0.341 e. The van der Waals surface area contributed by atoms with Crippen LogP contribution in [0.25, 0.3) is 0 Å². The maximum Gasteiger partial charge on any atom is 0.224 e. The van der Waals surface area contributed by atoms with E-state index in [0.717, 1.165) is 30.0 Å². The molecule has 1 aliphatic heterocycles. The minimum atomic E-state index is -0.101. The van der Waals surface area contributed by atoms with Gasteiger partial charge in [-0.3, -0.25) is 19.2 Å². The number of carbonyl (C=O) groups excluding carboxylic acids is 2. The Labute approximate surface area is 167 Å². The van der Waals surface area contributed by atoms with E-state index in [2.05, 4.69) is 35.2 Å². The second-order valence-electron chi connectivity index (χ2n) is 8.12. The minimum absolute atomic E-state index is 0.0131. The van der Waals surface area contributed by atoms with Gasteiger partial charge in [0.1, 0.15) is 0 Å². The first kappa shape index (κ1) is 20.3. The lowest BCUT2D eigenvalue weighted by Gasteiger charge is -2.21. The molecule has 0 aliphatic carbocycles. The van der Waals surface area contributed by atoms with Crippen molar-refractivity contribution in [3.63, 3.8) is 0 Å². The van der Waals surface area contributed by atoms with E-state index in [0.29, 0.717) is 18.5 Å². The second-order valence-corrected chi connectivity index (χ2v) is 8.12. The molecule has 0 N–H and O–H groups in total. The number of aromatic nitrogens is 2. The molecule has 2 aromatic rings. The van der Waals surface area contributed by atoms with Crippen LogP contribution in [0.5, 0.6) is 0 Å². The van der Waals surface area contributed by atoms with E-state index in [9.17, 15) is 9.59 Å². The largest absolute Gasteiger partial charge is 0.341 e. The number of nitrogens with zero attached hydrogens (tertiary/aromatic N) is 4. The van der Waals surface area contributed by atoms with Gasteiger partial charge in [-0.2, -0.15) is 5.10 Å². The van der Waals surface area contributed by atoms with Gasteiger partial charge in [-0.15, -0.1) is 0 Å². The Balaban J connectivity index is 1.65. The molecule has 1 unspecified atom stereocenters. The number of Topliss-reactive ketones (excluding diaryl/α,β-unsaturated/α-hetero) is 1. The lowest BCUT2D eigenvalue weighted by molar-refractivity contribution is -0.131. The third-order valence-corrected chi connectivity index (χ3v) is 5.56. The van der Waals surface area contributed by atoms with Gasteiger partial charge in [-0.05, 0) is 51.4 Å². The molecular formula is C22H30N4O2. The third-order valence-electron chi connectivity index (χ3n) is 5.56. The van der Waals surface area contributed by atoms with Crippen molar-refractivity contribution in [3.8, 4) is 0 Å². The van der Waals surface area contributed by atoms with Crippen molar-refractivity contribution in [3.05, 3.63) is 51.8 Å². The highest BCUT2D eigenvalue weighted by atomic mass is 16.2. The van der Waals surface area contributed by atoms with Gasteiger partial charge in [0, 0.05) is 38.8 Å². The summed E-state index contributed by atoms with van der Waals surface area (Å²) in [6, 6.07) is 6.40. The van der Waals surface area contributed by atoms with Crippen LogP contribution in [0.4, 0.5) is 0 Å². The summed E-state index contributed by atoms with van der Waals surface area (Å²) < 4.78 is 1.81. The molecule has 28 heavy (non-hydrogen) atoms. The van der Waals surface area contributed by atoms with E-state index in [1.54, 1.807) is 11.8 Å². The predicted molar refractivity (Wildman–Crippen MR) is 109 cm³/mol. The maximum absolute atomic E-state index is 12.8. The van der Waals surface area contributed by atoms with Crippen LogP contribution < -0.4 is 0 Å². The Kier molecular flexibility index (Phi) is 5.70. The Bertz CT molecular complexity index is 916. The molecule has 0 saturated heterocycles.